The van der Waals surface area contributed by atoms with Gasteiger partial charge in [-0.15, -0.1) is 0 Å². The van der Waals surface area contributed by atoms with Gasteiger partial charge in [-0.05, 0) is 24.6 Å². The molecule has 0 aromatic heterocycles. The van der Waals surface area contributed by atoms with Crippen LogP contribution in [0.15, 0.2) is 18.2 Å². The Balaban J connectivity index is 1.79. The zero-order valence-electron chi connectivity index (χ0n) is 11.2. The molecule has 18 heavy (non-hydrogen) atoms. The standard InChI is InChI=1S/C14H21NO3/c1-10(2)15-7-11(3)16-8-12-4-5-13-14(6-12)18-9-17-13/h4-6,10-11,15H,7-9H2,1-3H3. The van der Waals surface area contributed by atoms with E-state index in [9.17, 15) is 0 Å². The van der Waals surface area contributed by atoms with Crippen molar-refractivity contribution in [3.05, 3.63) is 23.8 Å². The Morgan fingerprint density at radius 2 is 2.00 bits per heavy atom. The lowest BCUT2D eigenvalue weighted by atomic mass is 10.2. The van der Waals surface area contributed by atoms with Crippen LogP contribution in [0.2, 0.25) is 0 Å². The number of benzene rings is 1. The van der Waals surface area contributed by atoms with Crippen molar-refractivity contribution >= 4 is 0 Å². The predicted molar refractivity (Wildman–Crippen MR) is 70.0 cm³/mol. The van der Waals surface area contributed by atoms with Gasteiger partial charge in [0.2, 0.25) is 6.79 Å². The van der Waals surface area contributed by atoms with Gasteiger partial charge in [0, 0.05) is 12.6 Å². The molecule has 1 N–H and O–H groups in total. The second kappa shape index (κ2) is 6.07. The molecule has 4 heteroatoms. The molecular formula is C14H21NO3. The Labute approximate surface area is 108 Å². The van der Waals surface area contributed by atoms with Gasteiger partial charge in [0.25, 0.3) is 0 Å². The minimum Gasteiger partial charge on any atom is -0.454 e. The maximum atomic E-state index is 5.78. The van der Waals surface area contributed by atoms with E-state index < -0.39 is 0 Å². The first kappa shape index (κ1) is 13.2. The average molecular weight is 251 g/mol. The zero-order valence-corrected chi connectivity index (χ0v) is 11.2. The lowest BCUT2D eigenvalue weighted by Gasteiger charge is -2.16. The summed E-state index contributed by atoms with van der Waals surface area (Å²) in [4.78, 5) is 0. The monoisotopic (exact) mass is 251 g/mol. The molecule has 0 radical (unpaired) electrons. The van der Waals surface area contributed by atoms with Crippen LogP contribution in [0.3, 0.4) is 0 Å². The molecule has 1 aliphatic heterocycles. The fourth-order valence-corrected chi connectivity index (χ4v) is 1.73. The Bertz CT molecular complexity index is 393. The van der Waals surface area contributed by atoms with E-state index in [1.54, 1.807) is 0 Å². The van der Waals surface area contributed by atoms with Gasteiger partial charge in [0.1, 0.15) is 0 Å². The van der Waals surface area contributed by atoms with E-state index in [1.807, 2.05) is 18.2 Å². The summed E-state index contributed by atoms with van der Waals surface area (Å²) < 4.78 is 16.4. The maximum absolute atomic E-state index is 5.78. The molecule has 1 unspecified atom stereocenters. The summed E-state index contributed by atoms with van der Waals surface area (Å²) in [6, 6.07) is 6.40. The first-order chi connectivity index (χ1) is 8.65. The number of ether oxygens (including phenoxy) is 3. The molecule has 100 valence electrons. The average Bonchev–Trinajstić information content (AvgIpc) is 2.81. The molecule has 0 saturated heterocycles. The number of nitrogens with one attached hydrogen (secondary N) is 1. The number of fused-ring (bicyclic) bond motifs is 1. The molecule has 1 aliphatic rings. The second-order valence-corrected chi connectivity index (χ2v) is 4.87. The van der Waals surface area contributed by atoms with Crippen molar-refractivity contribution in [2.24, 2.45) is 0 Å². The normalized spacial score (nSPS) is 15.1. The molecule has 0 saturated carbocycles. The van der Waals surface area contributed by atoms with Gasteiger partial charge in [0.15, 0.2) is 11.5 Å². The third-order valence-electron chi connectivity index (χ3n) is 2.79. The first-order valence-electron chi connectivity index (χ1n) is 6.38. The van der Waals surface area contributed by atoms with Crippen molar-refractivity contribution in [3.63, 3.8) is 0 Å². The molecule has 1 aromatic carbocycles. The van der Waals surface area contributed by atoms with Crippen LogP contribution < -0.4 is 14.8 Å². The highest BCUT2D eigenvalue weighted by atomic mass is 16.7. The van der Waals surface area contributed by atoms with Crippen molar-refractivity contribution in [3.8, 4) is 11.5 Å². The lowest BCUT2D eigenvalue weighted by molar-refractivity contribution is 0.0519. The first-order valence-corrected chi connectivity index (χ1v) is 6.38. The summed E-state index contributed by atoms with van der Waals surface area (Å²) in [5, 5.41) is 3.35. The van der Waals surface area contributed by atoms with Crippen LogP contribution in [0, 0.1) is 0 Å². The highest BCUT2D eigenvalue weighted by Crippen LogP contribution is 2.32. The smallest absolute Gasteiger partial charge is 0.231 e. The van der Waals surface area contributed by atoms with Crippen LogP contribution in [-0.2, 0) is 11.3 Å². The fraction of sp³-hybridized carbons (Fsp3) is 0.571. The van der Waals surface area contributed by atoms with E-state index in [4.69, 9.17) is 14.2 Å². The van der Waals surface area contributed by atoms with Gasteiger partial charge in [-0.2, -0.15) is 0 Å². The Morgan fingerprint density at radius 1 is 1.22 bits per heavy atom. The predicted octanol–water partition coefficient (Wildman–Crippen LogP) is 2.32. The SMILES string of the molecule is CC(C)NCC(C)OCc1ccc2c(c1)OCO2. The summed E-state index contributed by atoms with van der Waals surface area (Å²) in [5.41, 5.74) is 1.11. The molecule has 0 bridgehead atoms. The van der Waals surface area contributed by atoms with Crippen molar-refractivity contribution in [1.29, 1.82) is 0 Å². The van der Waals surface area contributed by atoms with E-state index >= 15 is 0 Å². The Hall–Kier alpha value is -1.26. The number of rotatable bonds is 6. The summed E-state index contributed by atoms with van der Waals surface area (Å²) >= 11 is 0. The molecule has 2 rings (SSSR count). The molecule has 1 aromatic rings. The van der Waals surface area contributed by atoms with Crippen molar-refractivity contribution in [2.75, 3.05) is 13.3 Å². The Kier molecular flexibility index (Phi) is 4.44. The van der Waals surface area contributed by atoms with E-state index in [-0.39, 0.29) is 6.10 Å². The summed E-state index contributed by atoms with van der Waals surface area (Å²) in [6.07, 6.45) is 0.192. The summed E-state index contributed by atoms with van der Waals surface area (Å²) in [6.45, 7) is 8.10. The molecule has 0 amide bonds. The van der Waals surface area contributed by atoms with Gasteiger partial charge in [-0.3, -0.25) is 0 Å². The lowest BCUT2D eigenvalue weighted by Crippen LogP contribution is -2.31. The fourth-order valence-electron chi connectivity index (χ4n) is 1.73. The van der Waals surface area contributed by atoms with E-state index in [1.165, 1.54) is 0 Å². The van der Waals surface area contributed by atoms with E-state index in [0.29, 0.717) is 19.4 Å². The second-order valence-electron chi connectivity index (χ2n) is 4.87. The topological polar surface area (TPSA) is 39.7 Å². The molecular weight excluding hydrogens is 230 g/mol. The number of hydrogen-bond donors (Lipinski definition) is 1. The van der Waals surface area contributed by atoms with Gasteiger partial charge < -0.3 is 19.5 Å². The third kappa shape index (κ3) is 3.62. The molecule has 0 aliphatic carbocycles. The molecule has 0 fully saturated rings. The number of hydrogen-bond acceptors (Lipinski definition) is 4. The van der Waals surface area contributed by atoms with Crippen LogP contribution in [0.4, 0.5) is 0 Å². The van der Waals surface area contributed by atoms with Crippen LogP contribution in [0.5, 0.6) is 11.5 Å². The minimum atomic E-state index is 0.192. The Morgan fingerprint density at radius 3 is 2.78 bits per heavy atom. The van der Waals surface area contributed by atoms with Gasteiger partial charge in [0.05, 0.1) is 12.7 Å². The minimum absolute atomic E-state index is 0.192. The molecule has 1 atom stereocenters. The van der Waals surface area contributed by atoms with Crippen LogP contribution >= 0.6 is 0 Å². The molecule has 1 heterocycles. The van der Waals surface area contributed by atoms with Crippen LogP contribution in [0.1, 0.15) is 26.3 Å². The summed E-state index contributed by atoms with van der Waals surface area (Å²) in [7, 11) is 0. The third-order valence-corrected chi connectivity index (χ3v) is 2.79. The molecule has 0 spiro atoms. The largest absolute Gasteiger partial charge is 0.454 e. The highest BCUT2D eigenvalue weighted by Gasteiger charge is 2.13. The van der Waals surface area contributed by atoms with Gasteiger partial charge in [-0.25, -0.2) is 0 Å². The van der Waals surface area contributed by atoms with E-state index in [2.05, 4.69) is 26.1 Å². The van der Waals surface area contributed by atoms with Gasteiger partial charge in [-0.1, -0.05) is 19.9 Å². The quantitative estimate of drug-likeness (QED) is 0.842. The van der Waals surface area contributed by atoms with Crippen molar-refractivity contribution in [1.82, 2.24) is 5.32 Å². The van der Waals surface area contributed by atoms with Crippen molar-refractivity contribution in [2.45, 2.75) is 39.5 Å². The molecule has 4 nitrogen and oxygen atoms in total. The maximum Gasteiger partial charge on any atom is 0.231 e. The van der Waals surface area contributed by atoms with Crippen LogP contribution in [0.25, 0.3) is 0 Å². The van der Waals surface area contributed by atoms with E-state index in [0.717, 1.165) is 23.6 Å². The zero-order chi connectivity index (χ0) is 13.0. The van der Waals surface area contributed by atoms with Gasteiger partial charge >= 0.3 is 0 Å². The van der Waals surface area contributed by atoms with Crippen molar-refractivity contribution < 1.29 is 14.2 Å². The summed E-state index contributed by atoms with van der Waals surface area (Å²) in [5.74, 6) is 1.62. The van der Waals surface area contributed by atoms with Crippen LogP contribution in [-0.4, -0.2) is 25.5 Å². The highest BCUT2D eigenvalue weighted by molar-refractivity contribution is 5.44.